The number of rotatable bonds is 0. The van der Waals surface area contributed by atoms with Crippen molar-refractivity contribution in [2.24, 2.45) is 15.0 Å². The number of fused-ring (bicyclic) bond motifs is 12. The summed E-state index contributed by atoms with van der Waals surface area (Å²) in [4.78, 5) is 23.8. The highest BCUT2D eigenvalue weighted by Gasteiger charge is 2.54. The van der Waals surface area contributed by atoms with E-state index < -0.39 is 0 Å². The highest BCUT2D eigenvalue weighted by atomic mass is 15.7. The number of guanidine groups is 1. The first-order chi connectivity index (χ1) is 13.4. The highest BCUT2D eigenvalue weighted by Crippen LogP contribution is 2.41. The summed E-state index contributed by atoms with van der Waals surface area (Å²) in [5, 5.41) is 17.5. The summed E-state index contributed by atoms with van der Waals surface area (Å²) >= 11 is 0. The Morgan fingerprint density at radius 1 is 0.852 bits per heavy atom. The lowest BCUT2D eigenvalue weighted by Crippen LogP contribution is -2.67. The number of imidazole rings is 1. The Balaban J connectivity index is 1.46. The molecule has 1 aromatic rings. The lowest BCUT2D eigenvalue weighted by atomic mass is 10.2. The minimum Gasteiger partial charge on any atom is -0.362 e. The van der Waals surface area contributed by atoms with Crippen LogP contribution in [0.5, 0.6) is 0 Å². The Hall–Kier alpha value is -2.54. The van der Waals surface area contributed by atoms with E-state index in [-0.39, 0.29) is 24.7 Å². The van der Waals surface area contributed by atoms with Crippen LogP contribution in [0, 0.1) is 0 Å². The van der Waals surface area contributed by atoms with E-state index in [0.717, 1.165) is 55.7 Å². The van der Waals surface area contributed by atoms with E-state index >= 15 is 0 Å². The molecule has 140 valence electrons. The predicted octanol–water partition coefficient (Wildman–Crippen LogP) is -2.59. The topological polar surface area (TPSA) is 122 Å². The van der Waals surface area contributed by atoms with Gasteiger partial charge in [-0.3, -0.25) is 31.1 Å². The third kappa shape index (κ3) is 1.76. The molecule has 4 unspecified atom stereocenters. The van der Waals surface area contributed by atoms with Crippen molar-refractivity contribution < 1.29 is 0 Å². The van der Waals surface area contributed by atoms with Crippen LogP contribution in [0.25, 0.3) is 0 Å². The smallest absolute Gasteiger partial charge is 0.224 e. The molecule has 12 heteroatoms. The van der Waals surface area contributed by atoms with Gasteiger partial charge in [-0.1, -0.05) is 0 Å². The zero-order chi connectivity index (χ0) is 17.5. The first-order valence-corrected chi connectivity index (χ1v) is 9.47. The molecule has 6 aliphatic rings. The Labute approximate surface area is 154 Å². The van der Waals surface area contributed by atoms with Gasteiger partial charge in [0.2, 0.25) is 17.9 Å². The van der Waals surface area contributed by atoms with Crippen molar-refractivity contribution in [2.75, 3.05) is 42.9 Å². The molecule has 0 saturated carbocycles. The number of nitrogens with zero attached hydrogens (tertiary/aromatic N) is 7. The molecule has 0 spiro atoms. The fourth-order valence-corrected chi connectivity index (χ4v) is 4.68. The monoisotopic (exact) mass is 368 g/mol. The zero-order valence-electron chi connectivity index (χ0n) is 14.6. The second kappa shape index (κ2) is 5.04. The van der Waals surface area contributed by atoms with E-state index in [1.54, 1.807) is 0 Å². The van der Waals surface area contributed by atoms with Crippen LogP contribution < -0.4 is 31.5 Å². The molecule has 1 aromatic heterocycles. The van der Waals surface area contributed by atoms with Crippen LogP contribution >= 0.6 is 0 Å². The van der Waals surface area contributed by atoms with Gasteiger partial charge >= 0.3 is 0 Å². The van der Waals surface area contributed by atoms with Gasteiger partial charge in [0.1, 0.15) is 24.7 Å². The van der Waals surface area contributed by atoms with Crippen molar-refractivity contribution in [1.29, 1.82) is 0 Å². The van der Waals surface area contributed by atoms with Crippen molar-refractivity contribution >= 4 is 35.7 Å². The first-order valence-electron chi connectivity index (χ1n) is 9.47. The fraction of sp³-hybridized carbons (Fsp3) is 0.600. The number of anilines is 2. The predicted molar refractivity (Wildman–Crippen MR) is 101 cm³/mol. The van der Waals surface area contributed by atoms with E-state index in [4.69, 9.17) is 15.0 Å². The van der Waals surface area contributed by atoms with Crippen molar-refractivity contribution in [3.63, 3.8) is 0 Å². The van der Waals surface area contributed by atoms with E-state index in [1.165, 1.54) is 0 Å². The van der Waals surface area contributed by atoms with E-state index in [2.05, 4.69) is 45.9 Å². The van der Waals surface area contributed by atoms with Gasteiger partial charge in [-0.25, -0.2) is 19.5 Å². The van der Waals surface area contributed by atoms with E-state index in [9.17, 15) is 0 Å². The van der Waals surface area contributed by atoms with Crippen LogP contribution in [0.1, 0.15) is 0 Å². The van der Waals surface area contributed by atoms with Gasteiger partial charge in [-0.05, 0) is 0 Å². The number of aliphatic imine (C=N–C) groups is 3. The molecule has 0 radical (unpaired) electrons. The van der Waals surface area contributed by atoms with Crippen LogP contribution in [0.2, 0.25) is 0 Å². The molecule has 2 saturated heterocycles. The molecule has 2 fully saturated rings. The standard InChI is InChI=1S/C15H20N12/c1-4-19-10-7(16-1)22-13-25(10)14-23-9-12(21-6-3-18-9)27(14)15-24-8-11(26(13)15)20-5-2-17-8/h4,8-9,11-12,16-18,20-21H,1-3,5-6H2. The summed E-state index contributed by atoms with van der Waals surface area (Å²) in [5.74, 6) is 4.10. The normalized spacial score (nSPS) is 35.3. The van der Waals surface area contributed by atoms with Gasteiger partial charge in [-0.15, -0.1) is 0 Å². The third-order valence-corrected chi connectivity index (χ3v) is 5.80. The van der Waals surface area contributed by atoms with Gasteiger partial charge < -0.3 is 5.32 Å². The first kappa shape index (κ1) is 14.5. The SMILES string of the molecule is C1=Nc2c(nc3n2C2=NC4NCCNC4N2C2=NC4NCCNC4N23)NC1. The summed E-state index contributed by atoms with van der Waals surface area (Å²) in [6.07, 6.45) is 1.89. The van der Waals surface area contributed by atoms with Crippen molar-refractivity contribution in [1.82, 2.24) is 35.7 Å². The second-order valence-electron chi connectivity index (χ2n) is 7.31. The minimum absolute atomic E-state index is 0.0117. The Bertz CT molecular complexity index is 914. The van der Waals surface area contributed by atoms with Crippen LogP contribution in [0.3, 0.4) is 0 Å². The molecule has 0 amide bonds. The largest absolute Gasteiger partial charge is 0.362 e. The van der Waals surface area contributed by atoms with Gasteiger partial charge in [-0.2, -0.15) is 4.98 Å². The van der Waals surface area contributed by atoms with Crippen LogP contribution in [-0.4, -0.2) is 90.0 Å². The van der Waals surface area contributed by atoms with E-state index in [0.29, 0.717) is 6.54 Å². The Morgan fingerprint density at radius 3 is 2.37 bits per heavy atom. The van der Waals surface area contributed by atoms with Crippen molar-refractivity contribution in [2.45, 2.75) is 24.7 Å². The number of nitrogens with one attached hydrogen (secondary N) is 5. The lowest BCUT2D eigenvalue weighted by Gasteiger charge is -2.41. The maximum Gasteiger partial charge on any atom is 0.224 e. The molecule has 0 bridgehead atoms. The number of hydrogen-bond acceptors (Lipinski definition) is 11. The maximum atomic E-state index is 5.00. The second-order valence-corrected chi connectivity index (χ2v) is 7.31. The summed E-state index contributed by atoms with van der Waals surface area (Å²) in [6.45, 7) is 4.26. The van der Waals surface area contributed by atoms with Gasteiger partial charge in [0.05, 0.1) is 6.54 Å². The summed E-state index contributed by atoms with van der Waals surface area (Å²) in [5.41, 5.74) is 0. The lowest BCUT2D eigenvalue weighted by molar-refractivity contribution is 0.261. The Kier molecular flexibility index (Phi) is 2.71. The molecule has 5 N–H and O–H groups in total. The number of aromatic nitrogens is 2. The molecule has 12 nitrogen and oxygen atoms in total. The van der Waals surface area contributed by atoms with Gasteiger partial charge in [0.25, 0.3) is 0 Å². The maximum absolute atomic E-state index is 5.00. The van der Waals surface area contributed by atoms with Crippen LogP contribution in [0.15, 0.2) is 15.0 Å². The van der Waals surface area contributed by atoms with Crippen molar-refractivity contribution in [3.05, 3.63) is 0 Å². The molecular weight excluding hydrogens is 348 g/mol. The fourth-order valence-electron chi connectivity index (χ4n) is 4.68. The van der Waals surface area contributed by atoms with E-state index in [1.807, 2.05) is 6.21 Å². The minimum atomic E-state index is -0.0219. The third-order valence-electron chi connectivity index (χ3n) is 5.80. The molecule has 4 atom stereocenters. The summed E-state index contributed by atoms with van der Waals surface area (Å²) in [7, 11) is 0. The van der Waals surface area contributed by atoms with Gasteiger partial charge in [0.15, 0.2) is 11.6 Å². The molecule has 7 rings (SSSR count). The molecule has 6 aliphatic heterocycles. The molecule has 0 aromatic carbocycles. The molecule has 27 heavy (non-hydrogen) atoms. The summed E-state index contributed by atoms with van der Waals surface area (Å²) < 4.78 is 2.05. The zero-order valence-corrected chi connectivity index (χ0v) is 14.6. The number of hydrogen-bond donors (Lipinski definition) is 5. The van der Waals surface area contributed by atoms with Gasteiger partial charge in [0, 0.05) is 32.4 Å². The highest BCUT2D eigenvalue weighted by molar-refractivity contribution is 6.15. The van der Waals surface area contributed by atoms with Crippen LogP contribution in [-0.2, 0) is 0 Å². The number of piperazine rings is 2. The van der Waals surface area contributed by atoms with Crippen molar-refractivity contribution in [3.8, 4) is 0 Å². The molecular formula is C15H20N12. The summed E-state index contributed by atoms with van der Waals surface area (Å²) in [6, 6.07) is 0. The average Bonchev–Trinajstić information content (AvgIpc) is 3.38. The quantitative estimate of drug-likeness (QED) is 0.338. The molecule has 7 heterocycles. The van der Waals surface area contributed by atoms with Crippen LogP contribution in [0.4, 0.5) is 17.6 Å². The average molecular weight is 368 g/mol. The molecule has 0 aliphatic carbocycles. The Morgan fingerprint density at radius 2 is 1.56 bits per heavy atom.